The largest absolute Gasteiger partial charge is 0.379 e. The third kappa shape index (κ3) is 5.48. The zero-order valence-corrected chi connectivity index (χ0v) is 21.3. The minimum atomic E-state index is -3.78. The Morgan fingerprint density at radius 2 is 1.50 bits per heavy atom. The van der Waals surface area contributed by atoms with Crippen molar-refractivity contribution in [1.82, 2.24) is 4.31 Å². The van der Waals surface area contributed by atoms with Crippen LogP contribution in [0, 0.1) is 20.8 Å². The molecule has 0 saturated carbocycles. The van der Waals surface area contributed by atoms with Gasteiger partial charge in [-0.15, -0.1) is 0 Å². The van der Waals surface area contributed by atoms with E-state index >= 15 is 0 Å². The van der Waals surface area contributed by atoms with E-state index in [9.17, 15) is 18.0 Å². The average molecular weight is 508 g/mol. The second-order valence-electron chi connectivity index (χ2n) is 8.77. The predicted octanol–water partition coefficient (Wildman–Crippen LogP) is 4.14. The lowest BCUT2D eigenvalue weighted by atomic mass is 10.1. The van der Waals surface area contributed by atoms with Crippen LogP contribution in [0.4, 0.5) is 11.4 Å². The maximum Gasteiger partial charge on any atom is 0.257 e. The van der Waals surface area contributed by atoms with Gasteiger partial charge in [0.2, 0.25) is 10.0 Å². The van der Waals surface area contributed by atoms with Crippen LogP contribution >= 0.6 is 0 Å². The van der Waals surface area contributed by atoms with Crippen LogP contribution in [0.3, 0.4) is 0 Å². The lowest BCUT2D eigenvalue weighted by Gasteiger charge is -2.26. The molecule has 8 nitrogen and oxygen atoms in total. The minimum Gasteiger partial charge on any atom is -0.379 e. The fourth-order valence-corrected chi connectivity index (χ4v) is 5.73. The Morgan fingerprint density at radius 1 is 0.806 bits per heavy atom. The third-order valence-corrected chi connectivity index (χ3v) is 8.13. The van der Waals surface area contributed by atoms with Gasteiger partial charge >= 0.3 is 0 Å². The van der Waals surface area contributed by atoms with Crippen molar-refractivity contribution in [1.29, 1.82) is 0 Å². The molecule has 1 aliphatic rings. The Bertz CT molecular complexity index is 1410. The fraction of sp³-hybridized carbons (Fsp3) is 0.259. The van der Waals surface area contributed by atoms with Crippen LogP contribution in [0.25, 0.3) is 0 Å². The molecule has 3 aromatic rings. The molecule has 1 saturated heterocycles. The quantitative estimate of drug-likeness (QED) is 0.522. The Balaban J connectivity index is 1.57. The number of para-hydroxylation sites is 1. The molecular weight excluding hydrogens is 478 g/mol. The second kappa shape index (κ2) is 10.6. The molecule has 0 bridgehead atoms. The first-order valence-electron chi connectivity index (χ1n) is 11.6. The van der Waals surface area contributed by atoms with Crippen LogP contribution in [-0.2, 0) is 14.8 Å². The maximum atomic E-state index is 13.2. The van der Waals surface area contributed by atoms with Gasteiger partial charge in [-0.2, -0.15) is 4.31 Å². The highest BCUT2D eigenvalue weighted by Crippen LogP contribution is 2.24. The zero-order valence-electron chi connectivity index (χ0n) is 20.5. The lowest BCUT2D eigenvalue weighted by molar-refractivity contribution is 0.0730. The number of hydrogen-bond acceptors (Lipinski definition) is 5. The Morgan fingerprint density at radius 3 is 2.22 bits per heavy atom. The first-order chi connectivity index (χ1) is 17.2. The number of carbonyl (C=O) groups excluding carboxylic acids is 2. The molecule has 0 atom stereocenters. The summed E-state index contributed by atoms with van der Waals surface area (Å²) < 4.78 is 33.0. The number of morpholine rings is 1. The molecule has 0 radical (unpaired) electrons. The summed E-state index contributed by atoms with van der Waals surface area (Å²) in [5.74, 6) is -0.877. The molecule has 1 aliphatic heterocycles. The topological polar surface area (TPSA) is 105 Å². The van der Waals surface area contributed by atoms with Gasteiger partial charge in [0.1, 0.15) is 0 Å². The molecule has 0 unspecified atom stereocenters. The van der Waals surface area contributed by atoms with Crippen molar-refractivity contribution >= 4 is 33.2 Å². The van der Waals surface area contributed by atoms with Crippen molar-refractivity contribution in [3.8, 4) is 0 Å². The first-order valence-corrected chi connectivity index (χ1v) is 13.1. The van der Waals surface area contributed by atoms with Crippen LogP contribution in [0.15, 0.2) is 65.6 Å². The number of carbonyl (C=O) groups is 2. The number of aryl methyl sites for hydroxylation is 3. The van der Waals surface area contributed by atoms with Gasteiger partial charge in [-0.1, -0.05) is 35.9 Å². The minimum absolute atomic E-state index is 0.0814. The molecule has 9 heteroatoms. The second-order valence-corrected chi connectivity index (χ2v) is 10.7. The van der Waals surface area contributed by atoms with Gasteiger partial charge in [0.25, 0.3) is 11.8 Å². The number of nitrogens with one attached hydrogen (secondary N) is 2. The monoisotopic (exact) mass is 507 g/mol. The molecule has 3 aromatic carbocycles. The van der Waals surface area contributed by atoms with E-state index in [4.69, 9.17) is 4.74 Å². The standard InChI is InChI=1S/C27H29N3O5S/c1-18-8-11-23(20(3)16-18)28-27(32)22-6-4-5-7-24(22)29-26(31)21-10-9-19(2)25(17-21)36(33,34)30-12-14-35-15-13-30/h4-11,16-17H,12-15H2,1-3H3,(H,28,32)(H,29,31). The lowest BCUT2D eigenvalue weighted by Crippen LogP contribution is -2.40. The molecule has 188 valence electrons. The van der Waals surface area contributed by atoms with Crippen LogP contribution < -0.4 is 10.6 Å². The Labute approximate surface area is 211 Å². The van der Waals surface area contributed by atoms with Crippen molar-refractivity contribution in [3.05, 3.63) is 88.5 Å². The van der Waals surface area contributed by atoms with Crippen LogP contribution in [0.5, 0.6) is 0 Å². The highest BCUT2D eigenvalue weighted by Gasteiger charge is 2.28. The van der Waals surface area contributed by atoms with E-state index < -0.39 is 15.9 Å². The highest BCUT2D eigenvalue weighted by atomic mass is 32.2. The van der Waals surface area contributed by atoms with E-state index in [-0.39, 0.29) is 29.5 Å². The average Bonchev–Trinajstić information content (AvgIpc) is 2.86. The van der Waals surface area contributed by atoms with Gasteiger partial charge in [-0.05, 0) is 62.2 Å². The summed E-state index contributed by atoms with van der Waals surface area (Å²) in [6, 6.07) is 17.0. The molecule has 4 rings (SSSR count). The van der Waals surface area contributed by atoms with Gasteiger partial charge in [0, 0.05) is 24.3 Å². The van der Waals surface area contributed by atoms with Gasteiger partial charge in [0.15, 0.2) is 0 Å². The molecule has 36 heavy (non-hydrogen) atoms. The smallest absolute Gasteiger partial charge is 0.257 e. The molecule has 2 N–H and O–H groups in total. The van der Waals surface area contributed by atoms with Crippen molar-refractivity contribution in [2.45, 2.75) is 25.7 Å². The molecule has 1 fully saturated rings. The van der Waals surface area contributed by atoms with E-state index in [1.54, 1.807) is 43.3 Å². The van der Waals surface area contributed by atoms with Gasteiger partial charge in [-0.25, -0.2) is 8.42 Å². The zero-order chi connectivity index (χ0) is 25.9. The van der Waals surface area contributed by atoms with Crippen molar-refractivity contribution in [3.63, 3.8) is 0 Å². The molecule has 2 amide bonds. The number of nitrogens with zero attached hydrogens (tertiary/aromatic N) is 1. The molecule has 0 spiro atoms. The maximum absolute atomic E-state index is 13.2. The van der Waals surface area contributed by atoms with Crippen molar-refractivity contribution in [2.75, 3.05) is 36.9 Å². The molecule has 0 aliphatic carbocycles. The SMILES string of the molecule is Cc1ccc(NC(=O)c2ccccc2NC(=O)c2ccc(C)c(S(=O)(=O)N3CCOCC3)c2)c(C)c1. The number of amides is 2. The summed E-state index contributed by atoms with van der Waals surface area (Å²) in [7, 11) is -3.78. The van der Waals surface area contributed by atoms with Gasteiger partial charge in [-0.3, -0.25) is 9.59 Å². The molecule has 1 heterocycles. The van der Waals surface area contributed by atoms with Crippen LogP contribution in [0.2, 0.25) is 0 Å². The van der Waals surface area contributed by atoms with Crippen molar-refractivity contribution in [2.24, 2.45) is 0 Å². The first kappa shape index (κ1) is 25.6. The number of hydrogen-bond donors (Lipinski definition) is 2. The van der Waals surface area contributed by atoms with Gasteiger partial charge in [0.05, 0.1) is 29.4 Å². The number of sulfonamides is 1. The normalized spacial score (nSPS) is 14.3. The van der Waals surface area contributed by atoms with E-state index in [0.717, 1.165) is 11.1 Å². The Hall–Kier alpha value is -3.53. The number of anilines is 2. The third-order valence-electron chi connectivity index (χ3n) is 6.09. The summed E-state index contributed by atoms with van der Waals surface area (Å²) in [5, 5.41) is 5.66. The summed E-state index contributed by atoms with van der Waals surface area (Å²) in [6.45, 7) is 6.78. The Kier molecular flexibility index (Phi) is 7.53. The summed E-state index contributed by atoms with van der Waals surface area (Å²) in [4.78, 5) is 26.3. The molecule has 0 aromatic heterocycles. The van der Waals surface area contributed by atoms with Gasteiger partial charge < -0.3 is 15.4 Å². The summed E-state index contributed by atoms with van der Waals surface area (Å²) in [5.41, 5.74) is 4.04. The van der Waals surface area contributed by atoms with Crippen LogP contribution in [0.1, 0.15) is 37.4 Å². The van der Waals surface area contributed by atoms with E-state index in [1.807, 2.05) is 32.0 Å². The fourth-order valence-electron chi connectivity index (χ4n) is 4.07. The predicted molar refractivity (Wildman–Crippen MR) is 139 cm³/mol. The number of rotatable bonds is 6. The highest BCUT2D eigenvalue weighted by molar-refractivity contribution is 7.89. The van der Waals surface area contributed by atoms with Crippen molar-refractivity contribution < 1.29 is 22.7 Å². The number of benzene rings is 3. The van der Waals surface area contributed by atoms with Crippen LogP contribution in [-0.4, -0.2) is 50.8 Å². The van der Waals surface area contributed by atoms with E-state index in [1.165, 1.54) is 10.4 Å². The molecular formula is C27H29N3O5S. The number of ether oxygens (including phenoxy) is 1. The van der Waals surface area contributed by atoms with E-state index in [0.29, 0.717) is 35.7 Å². The summed E-state index contributed by atoms with van der Waals surface area (Å²) in [6.07, 6.45) is 0. The summed E-state index contributed by atoms with van der Waals surface area (Å²) >= 11 is 0. The van der Waals surface area contributed by atoms with E-state index in [2.05, 4.69) is 10.6 Å².